The lowest BCUT2D eigenvalue weighted by atomic mass is 9.80. The third-order valence-corrected chi connectivity index (χ3v) is 8.19. The Bertz CT molecular complexity index is 1240. The molecule has 0 aliphatic carbocycles. The molecule has 0 aliphatic rings. The highest BCUT2D eigenvalue weighted by Crippen LogP contribution is 2.40. The maximum absolute atomic E-state index is 11.2. The van der Waals surface area contributed by atoms with E-state index in [1.807, 2.05) is 54.6 Å². The topological polar surface area (TPSA) is 128 Å². The molecule has 13 heteroatoms. The van der Waals surface area contributed by atoms with Crippen LogP contribution >= 0.6 is 0 Å². The molecule has 57 heavy (non-hydrogen) atoms. The third kappa shape index (κ3) is 21.9. The number of ether oxygens (including phenoxy) is 12. The van der Waals surface area contributed by atoms with Gasteiger partial charge in [0.25, 0.3) is 0 Å². The molecule has 0 atom stereocenters. The fraction of sp³-hybridized carbons (Fsp3) is 0.568. The van der Waals surface area contributed by atoms with Crippen molar-refractivity contribution in [3.63, 3.8) is 0 Å². The van der Waals surface area contributed by atoms with E-state index in [0.717, 1.165) is 16.7 Å². The summed E-state index contributed by atoms with van der Waals surface area (Å²) in [4.78, 5) is 11.2. The highest BCUT2D eigenvalue weighted by Gasteiger charge is 2.37. The quantitative estimate of drug-likeness (QED) is 0.0433. The first-order chi connectivity index (χ1) is 28.3. The average molecular weight is 801 g/mol. The van der Waals surface area contributed by atoms with Crippen LogP contribution in [-0.2, 0) is 67.2 Å². The summed E-state index contributed by atoms with van der Waals surface area (Å²) >= 11 is 0. The SMILES string of the molecule is CCOC(=O)CCOCCOCCOCCOCCOCCOCCOCCOCCOCCOCCOC(c1ccccc1)(c1ccccc1)c1ccccc1. The van der Waals surface area contributed by atoms with Gasteiger partial charge >= 0.3 is 5.97 Å². The minimum Gasteiger partial charge on any atom is -0.466 e. The van der Waals surface area contributed by atoms with Gasteiger partial charge in [0.2, 0.25) is 0 Å². The lowest BCUT2D eigenvalue weighted by Gasteiger charge is -2.36. The molecule has 13 nitrogen and oxygen atoms in total. The van der Waals surface area contributed by atoms with Crippen LogP contribution in [0.25, 0.3) is 0 Å². The second-order valence-electron chi connectivity index (χ2n) is 12.3. The van der Waals surface area contributed by atoms with Gasteiger partial charge in [-0.05, 0) is 23.6 Å². The zero-order valence-corrected chi connectivity index (χ0v) is 33.7. The Kier molecular flexibility index (Phi) is 28.4. The van der Waals surface area contributed by atoms with Gasteiger partial charge in [-0.25, -0.2) is 0 Å². The molecule has 0 fully saturated rings. The minimum atomic E-state index is -0.756. The molecular formula is C44H64O13. The summed E-state index contributed by atoms with van der Waals surface area (Å²) in [7, 11) is 0. The Labute approximate surface area is 339 Å². The molecule has 3 rings (SSSR count). The van der Waals surface area contributed by atoms with Crippen molar-refractivity contribution in [3.05, 3.63) is 108 Å². The Hall–Kier alpha value is -3.31. The predicted octanol–water partition coefficient (Wildman–Crippen LogP) is 5.11. The number of carbonyl (C=O) groups excluding carboxylic acids is 1. The van der Waals surface area contributed by atoms with E-state index >= 15 is 0 Å². The summed E-state index contributed by atoms with van der Waals surface area (Å²) in [6.07, 6.45) is 0.253. The van der Waals surface area contributed by atoms with Crippen LogP contribution in [0.1, 0.15) is 30.0 Å². The maximum atomic E-state index is 11.2. The molecule has 0 unspecified atom stereocenters. The fourth-order valence-corrected chi connectivity index (χ4v) is 5.49. The van der Waals surface area contributed by atoms with Crippen molar-refractivity contribution in [2.75, 3.05) is 145 Å². The van der Waals surface area contributed by atoms with Gasteiger partial charge in [0, 0.05) is 0 Å². The molecule has 0 N–H and O–H groups in total. The van der Waals surface area contributed by atoms with Gasteiger partial charge < -0.3 is 56.8 Å². The van der Waals surface area contributed by atoms with E-state index in [0.29, 0.717) is 145 Å². The van der Waals surface area contributed by atoms with E-state index in [9.17, 15) is 4.79 Å². The fourth-order valence-electron chi connectivity index (χ4n) is 5.49. The molecule has 0 amide bonds. The first-order valence-electron chi connectivity index (χ1n) is 20.0. The smallest absolute Gasteiger partial charge is 0.308 e. The lowest BCUT2D eigenvalue weighted by molar-refractivity contribution is -0.144. The Morgan fingerprint density at radius 3 is 0.877 bits per heavy atom. The predicted molar refractivity (Wildman–Crippen MR) is 215 cm³/mol. The van der Waals surface area contributed by atoms with Gasteiger partial charge in [0.15, 0.2) is 0 Å². The number of rotatable bonds is 38. The number of esters is 1. The van der Waals surface area contributed by atoms with Gasteiger partial charge in [-0.2, -0.15) is 0 Å². The summed E-state index contributed by atoms with van der Waals surface area (Å²) in [6.45, 7) is 11.9. The van der Waals surface area contributed by atoms with Crippen LogP contribution in [0.5, 0.6) is 0 Å². The summed E-state index contributed by atoms with van der Waals surface area (Å²) in [5.74, 6) is -0.253. The van der Waals surface area contributed by atoms with Gasteiger partial charge in [0.05, 0.1) is 152 Å². The zero-order valence-electron chi connectivity index (χ0n) is 33.7. The summed E-state index contributed by atoms with van der Waals surface area (Å²) in [6, 6.07) is 31.0. The molecule has 0 heterocycles. The number of hydrogen-bond donors (Lipinski definition) is 0. The van der Waals surface area contributed by atoms with Gasteiger partial charge in [-0.3, -0.25) is 4.79 Å². The van der Waals surface area contributed by atoms with E-state index in [-0.39, 0.29) is 12.4 Å². The summed E-state index contributed by atoms with van der Waals surface area (Å²) in [5.41, 5.74) is 2.43. The zero-order chi connectivity index (χ0) is 40.2. The number of hydrogen-bond acceptors (Lipinski definition) is 13. The molecule has 0 aliphatic heterocycles. The van der Waals surface area contributed by atoms with Crippen LogP contribution in [0, 0.1) is 0 Å². The second kappa shape index (κ2) is 33.6. The van der Waals surface area contributed by atoms with Crippen LogP contribution in [0.3, 0.4) is 0 Å². The van der Waals surface area contributed by atoms with Gasteiger partial charge in [-0.1, -0.05) is 91.0 Å². The first-order valence-corrected chi connectivity index (χ1v) is 20.0. The van der Waals surface area contributed by atoms with E-state index in [4.69, 9.17) is 56.8 Å². The Morgan fingerprint density at radius 2 is 0.614 bits per heavy atom. The standard InChI is InChI=1S/C44H64O13/c1-2-56-43(45)18-19-46-20-21-47-22-23-48-24-25-49-26-27-50-28-29-51-30-31-52-32-33-53-34-35-54-36-37-55-38-39-57-44(40-12-6-3-7-13-40,41-14-8-4-9-15-41)42-16-10-5-11-17-42/h3-17H,2,18-39H2,1H3. The van der Waals surface area contributed by atoms with Crippen LogP contribution in [-0.4, -0.2) is 151 Å². The summed E-state index contributed by atoms with van der Waals surface area (Å²) < 4.78 is 66.9. The summed E-state index contributed by atoms with van der Waals surface area (Å²) in [5, 5.41) is 0. The van der Waals surface area contributed by atoms with Crippen LogP contribution in [0.15, 0.2) is 91.0 Å². The van der Waals surface area contributed by atoms with Crippen LogP contribution in [0.2, 0.25) is 0 Å². The molecule has 318 valence electrons. The lowest BCUT2D eigenvalue weighted by Crippen LogP contribution is -2.34. The van der Waals surface area contributed by atoms with Crippen LogP contribution < -0.4 is 0 Å². The highest BCUT2D eigenvalue weighted by atomic mass is 16.6. The van der Waals surface area contributed by atoms with Gasteiger partial charge in [0.1, 0.15) is 5.60 Å². The van der Waals surface area contributed by atoms with Crippen molar-refractivity contribution in [1.29, 1.82) is 0 Å². The molecule has 3 aromatic rings. The van der Waals surface area contributed by atoms with Crippen molar-refractivity contribution in [1.82, 2.24) is 0 Å². The normalized spacial score (nSPS) is 11.6. The molecule has 0 spiro atoms. The van der Waals surface area contributed by atoms with Crippen LogP contribution in [0.4, 0.5) is 0 Å². The van der Waals surface area contributed by atoms with Crippen molar-refractivity contribution in [3.8, 4) is 0 Å². The molecule has 0 saturated carbocycles. The molecule has 0 aromatic heterocycles. The average Bonchev–Trinajstić information content (AvgIpc) is 3.25. The second-order valence-corrected chi connectivity index (χ2v) is 12.3. The number of carbonyl (C=O) groups is 1. The minimum absolute atomic E-state index is 0.253. The first kappa shape index (κ1) is 48.1. The molecular weight excluding hydrogens is 736 g/mol. The van der Waals surface area contributed by atoms with E-state index in [2.05, 4.69) is 36.4 Å². The third-order valence-electron chi connectivity index (χ3n) is 8.19. The Morgan fingerprint density at radius 1 is 0.368 bits per heavy atom. The monoisotopic (exact) mass is 800 g/mol. The molecule has 0 saturated heterocycles. The van der Waals surface area contributed by atoms with E-state index < -0.39 is 5.60 Å². The van der Waals surface area contributed by atoms with E-state index in [1.165, 1.54) is 0 Å². The van der Waals surface area contributed by atoms with Crippen molar-refractivity contribution in [2.45, 2.75) is 18.9 Å². The van der Waals surface area contributed by atoms with E-state index in [1.54, 1.807) is 6.92 Å². The van der Waals surface area contributed by atoms with Crippen molar-refractivity contribution >= 4 is 5.97 Å². The number of benzene rings is 3. The molecule has 3 aromatic carbocycles. The van der Waals surface area contributed by atoms with Crippen molar-refractivity contribution in [2.24, 2.45) is 0 Å². The highest BCUT2D eigenvalue weighted by molar-refractivity contribution is 5.69. The van der Waals surface area contributed by atoms with Gasteiger partial charge in [-0.15, -0.1) is 0 Å². The van der Waals surface area contributed by atoms with Crippen molar-refractivity contribution < 1.29 is 61.6 Å². The maximum Gasteiger partial charge on any atom is 0.308 e. The molecule has 0 bridgehead atoms. The largest absolute Gasteiger partial charge is 0.466 e. The molecule has 0 radical (unpaired) electrons. The Balaban J connectivity index is 1.04.